The Kier molecular flexibility index (Phi) is 5.51. The molecule has 0 heterocycles. The minimum Gasteiger partial charge on any atom is -0.465 e. The van der Waals surface area contributed by atoms with Crippen LogP contribution >= 0.6 is 0 Å². The first-order valence-electron chi connectivity index (χ1n) is 7.11. The molecule has 0 unspecified atom stereocenters. The number of carbonyl (C=O) groups is 3. The number of hydrogen-bond donors (Lipinski definition) is 3. The summed E-state index contributed by atoms with van der Waals surface area (Å²) in [6, 6.07) is 12.9. The lowest BCUT2D eigenvalue weighted by Crippen LogP contribution is -2.22. The van der Waals surface area contributed by atoms with Gasteiger partial charge >= 0.3 is 5.97 Å². The smallest absolute Gasteiger partial charge is 0.337 e. The molecule has 0 atom stereocenters. The monoisotopic (exact) mass is 327 g/mol. The number of nitrogens with one attached hydrogen (secondary N) is 2. The second-order valence-corrected chi connectivity index (χ2v) is 4.92. The molecule has 0 aliphatic rings. The molecule has 0 spiro atoms. The fourth-order valence-corrected chi connectivity index (χ4v) is 1.98. The minimum atomic E-state index is -0.560. The SMILES string of the molecule is COC(=O)c1ccc(NCC(=O)Nc2cccc(C(N)=O)c2)cc1. The number of carbonyl (C=O) groups excluding carboxylic acids is 3. The number of nitrogens with two attached hydrogens (primary N) is 1. The topological polar surface area (TPSA) is 111 Å². The minimum absolute atomic E-state index is 0.0262. The van der Waals surface area contributed by atoms with E-state index in [2.05, 4.69) is 15.4 Å². The number of esters is 1. The second-order valence-electron chi connectivity index (χ2n) is 4.92. The van der Waals surface area contributed by atoms with Gasteiger partial charge in [-0.2, -0.15) is 0 Å². The summed E-state index contributed by atoms with van der Waals surface area (Å²) in [4.78, 5) is 34.4. The number of amides is 2. The average Bonchev–Trinajstić information content (AvgIpc) is 2.60. The van der Waals surface area contributed by atoms with E-state index >= 15 is 0 Å². The molecule has 2 aromatic rings. The third-order valence-electron chi connectivity index (χ3n) is 3.19. The van der Waals surface area contributed by atoms with Crippen LogP contribution in [-0.4, -0.2) is 31.4 Å². The molecule has 0 fully saturated rings. The summed E-state index contributed by atoms with van der Waals surface area (Å²) in [6.45, 7) is 0.0262. The van der Waals surface area contributed by atoms with E-state index in [1.54, 1.807) is 42.5 Å². The Bertz CT molecular complexity index is 757. The summed E-state index contributed by atoms with van der Waals surface area (Å²) in [6.07, 6.45) is 0. The van der Waals surface area contributed by atoms with Crippen LogP contribution in [0.2, 0.25) is 0 Å². The normalized spacial score (nSPS) is 9.88. The fourth-order valence-electron chi connectivity index (χ4n) is 1.98. The molecule has 2 aromatic carbocycles. The van der Waals surface area contributed by atoms with Gasteiger partial charge in [0.25, 0.3) is 0 Å². The van der Waals surface area contributed by atoms with E-state index in [-0.39, 0.29) is 12.5 Å². The molecule has 0 saturated carbocycles. The Hall–Kier alpha value is -3.35. The van der Waals surface area contributed by atoms with Gasteiger partial charge in [0.1, 0.15) is 0 Å². The van der Waals surface area contributed by atoms with Crippen molar-refractivity contribution in [1.29, 1.82) is 0 Å². The maximum atomic E-state index is 11.9. The number of ether oxygens (including phenoxy) is 1. The van der Waals surface area contributed by atoms with Crippen molar-refractivity contribution in [1.82, 2.24) is 0 Å². The first-order chi connectivity index (χ1) is 11.5. The standard InChI is InChI=1S/C17H17N3O4/c1-24-17(23)11-5-7-13(8-6-11)19-10-15(21)20-14-4-2-3-12(9-14)16(18)22/h2-9,19H,10H2,1H3,(H2,18,22)(H,20,21). The lowest BCUT2D eigenvalue weighted by atomic mass is 10.2. The molecule has 0 saturated heterocycles. The van der Waals surface area contributed by atoms with Crippen LogP contribution in [0.4, 0.5) is 11.4 Å². The summed E-state index contributed by atoms with van der Waals surface area (Å²) >= 11 is 0. The molecular weight excluding hydrogens is 310 g/mol. The summed E-state index contributed by atoms with van der Waals surface area (Å²) in [5.74, 6) is -1.27. The third-order valence-corrected chi connectivity index (χ3v) is 3.19. The van der Waals surface area contributed by atoms with Crippen LogP contribution in [-0.2, 0) is 9.53 Å². The summed E-state index contributed by atoms with van der Waals surface area (Å²) in [5, 5.41) is 5.59. The molecule has 124 valence electrons. The van der Waals surface area contributed by atoms with Gasteiger partial charge in [0.05, 0.1) is 19.2 Å². The van der Waals surface area contributed by atoms with Crippen LogP contribution in [0.15, 0.2) is 48.5 Å². The van der Waals surface area contributed by atoms with Gasteiger partial charge in [-0.1, -0.05) is 6.07 Å². The van der Waals surface area contributed by atoms with Crippen molar-refractivity contribution in [2.45, 2.75) is 0 Å². The first kappa shape index (κ1) is 17.0. The molecule has 2 amide bonds. The van der Waals surface area contributed by atoms with Crippen LogP contribution in [0.5, 0.6) is 0 Å². The zero-order chi connectivity index (χ0) is 17.5. The summed E-state index contributed by atoms with van der Waals surface area (Å²) < 4.78 is 4.61. The van der Waals surface area contributed by atoms with Gasteiger partial charge in [-0.05, 0) is 42.5 Å². The van der Waals surface area contributed by atoms with Crippen molar-refractivity contribution in [3.8, 4) is 0 Å². The van der Waals surface area contributed by atoms with E-state index in [0.717, 1.165) is 0 Å². The molecule has 0 bridgehead atoms. The Labute approximate surface area is 138 Å². The maximum absolute atomic E-state index is 11.9. The van der Waals surface area contributed by atoms with Crippen molar-refractivity contribution < 1.29 is 19.1 Å². The third kappa shape index (κ3) is 4.57. The van der Waals surface area contributed by atoms with Crippen molar-refractivity contribution in [3.63, 3.8) is 0 Å². The van der Waals surface area contributed by atoms with Crippen LogP contribution < -0.4 is 16.4 Å². The van der Waals surface area contributed by atoms with Gasteiger partial charge < -0.3 is 21.1 Å². The van der Waals surface area contributed by atoms with E-state index in [0.29, 0.717) is 22.5 Å². The molecule has 7 heteroatoms. The largest absolute Gasteiger partial charge is 0.465 e. The van der Waals surface area contributed by atoms with E-state index in [9.17, 15) is 14.4 Å². The molecule has 4 N–H and O–H groups in total. The van der Waals surface area contributed by atoms with Crippen LogP contribution in [0.25, 0.3) is 0 Å². The van der Waals surface area contributed by atoms with Gasteiger partial charge in [-0.25, -0.2) is 4.79 Å². The van der Waals surface area contributed by atoms with E-state index < -0.39 is 11.9 Å². The van der Waals surface area contributed by atoms with Gasteiger partial charge in [-0.3, -0.25) is 9.59 Å². The Morgan fingerprint density at radius 3 is 2.33 bits per heavy atom. The highest BCUT2D eigenvalue weighted by atomic mass is 16.5. The first-order valence-corrected chi connectivity index (χ1v) is 7.11. The highest BCUT2D eigenvalue weighted by molar-refractivity contribution is 5.97. The maximum Gasteiger partial charge on any atom is 0.337 e. The van der Waals surface area contributed by atoms with Gasteiger partial charge in [0.2, 0.25) is 11.8 Å². The van der Waals surface area contributed by atoms with E-state index in [1.807, 2.05) is 0 Å². The second kappa shape index (κ2) is 7.77. The fraction of sp³-hybridized carbons (Fsp3) is 0.118. The predicted molar refractivity (Wildman–Crippen MR) is 89.9 cm³/mol. The molecule has 2 rings (SSSR count). The highest BCUT2D eigenvalue weighted by Gasteiger charge is 2.07. The molecule has 0 aliphatic heterocycles. The van der Waals surface area contributed by atoms with Gasteiger partial charge in [0.15, 0.2) is 0 Å². The lowest BCUT2D eigenvalue weighted by Gasteiger charge is -2.09. The molecule has 24 heavy (non-hydrogen) atoms. The van der Waals surface area contributed by atoms with Gasteiger partial charge in [-0.15, -0.1) is 0 Å². The van der Waals surface area contributed by atoms with Crippen molar-refractivity contribution in [2.24, 2.45) is 5.73 Å². The van der Waals surface area contributed by atoms with Crippen LogP contribution in [0, 0.1) is 0 Å². The molecule has 0 aliphatic carbocycles. The Morgan fingerprint density at radius 1 is 1.00 bits per heavy atom. The lowest BCUT2D eigenvalue weighted by molar-refractivity contribution is -0.114. The van der Waals surface area contributed by atoms with Crippen LogP contribution in [0.3, 0.4) is 0 Å². The molecule has 0 radical (unpaired) electrons. The van der Waals surface area contributed by atoms with Crippen molar-refractivity contribution in [2.75, 3.05) is 24.3 Å². The Morgan fingerprint density at radius 2 is 1.71 bits per heavy atom. The predicted octanol–water partition coefficient (Wildman–Crippen LogP) is 1.62. The van der Waals surface area contributed by atoms with Crippen molar-refractivity contribution in [3.05, 3.63) is 59.7 Å². The van der Waals surface area contributed by atoms with Crippen molar-refractivity contribution >= 4 is 29.2 Å². The quantitative estimate of drug-likeness (QED) is 0.698. The Balaban J connectivity index is 1.90. The summed E-state index contributed by atoms with van der Waals surface area (Å²) in [7, 11) is 1.31. The zero-order valence-corrected chi connectivity index (χ0v) is 13.0. The zero-order valence-electron chi connectivity index (χ0n) is 13.0. The molecule has 0 aromatic heterocycles. The van der Waals surface area contributed by atoms with Crippen LogP contribution in [0.1, 0.15) is 20.7 Å². The molecular formula is C17H17N3O4. The number of rotatable bonds is 6. The number of primary amides is 1. The number of anilines is 2. The number of hydrogen-bond acceptors (Lipinski definition) is 5. The number of methoxy groups -OCH3 is 1. The molecule has 7 nitrogen and oxygen atoms in total. The average molecular weight is 327 g/mol. The highest BCUT2D eigenvalue weighted by Crippen LogP contribution is 2.12. The number of benzene rings is 2. The van der Waals surface area contributed by atoms with E-state index in [1.165, 1.54) is 13.2 Å². The summed E-state index contributed by atoms with van der Waals surface area (Å²) in [5.41, 5.74) is 7.11. The van der Waals surface area contributed by atoms with Gasteiger partial charge in [0, 0.05) is 16.9 Å². The van der Waals surface area contributed by atoms with E-state index in [4.69, 9.17) is 5.73 Å².